The van der Waals surface area contributed by atoms with Crippen molar-refractivity contribution in [2.24, 2.45) is 35.0 Å². The van der Waals surface area contributed by atoms with E-state index in [1.165, 1.54) is 38.5 Å². The molecule has 2 saturated heterocycles. The Balaban J connectivity index is 1.34. The number of allylic oxidation sites excluding steroid dienone is 2. The van der Waals surface area contributed by atoms with Gasteiger partial charge in [0.15, 0.2) is 0 Å². The summed E-state index contributed by atoms with van der Waals surface area (Å²) in [4.78, 5) is 0. The van der Waals surface area contributed by atoms with E-state index in [0.717, 1.165) is 43.1 Å². The summed E-state index contributed by atoms with van der Waals surface area (Å²) < 4.78 is 7.03. The van der Waals surface area contributed by atoms with Crippen LogP contribution >= 0.6 is 0 Å². The lowest BCUT2D eigenvalue weighted by molar-refractivity contribution is -0.0549. The van der Waals surface area contributed by atoms with Crippen LogP contribution in [0.5, 0.6) is 0 Å². The number of hydrogen-bond donors (Lipinski definition) is 2. The maximum absolute atomic E-state index is 10.3. The lowest BCUT2D eigenvalue weighted by Gasteiger charge is -2.49. The minimum absolute atomic E-state index is 0.0222. The highest BCUT2D eigenvalue weighted by molar-refractivity contribution is 5.38. The van der Waals surface area contributed by atoms with Crippen molar-refractivity contribution in [3.63, 3.8) is 0 Å². The van der Waals surface area contributed by atoms with Crippen molar-refractivity contribution in [3.8, 4) is 0 Å². The maximum atomic E-state index is 10.3. The Morgan fingerprint density at radius 1 is 1.17 bits per heavy atom. The Kier molecular flexibility index (Phi) is 4.46. The molecule has 0 aromatic rings. The first-order chi connectivity index (χ1) is 14.3. The van der Waals surface area contributed by atoms with Crippen molar-refractivity contribution < 1.29 is 9.84 Å². The van der Waals surface area contributed by atoms with Crippen molar-refractivity contribution in [2.45, 2.75) is 103 Å². The summed E-state index contributed by atoms with van der Waals surface area (Å²) in [7, 11) is 0. The van der Waals surface area contributed by atoms with Crippen LogP contribution in [-0.2, 0) is 4.74 Å². The molecule has 30 heavy (non-hydrogen) atoms. The first-order valence-corrected chi connectivity index (χ1v) is 12.8. The van der Waals surface area contributed by atoms with Crippen LogP contribution in [0.25, 0.3) is 0 Å². The molecule has 1 spiro atoms. The molecule has 0 aromatic carbocycles. The predicted octanol–water partition coefficient (Wildman–Crippen LogP) is 5.00. The third-order valence-corrected chi connectivity index (χ3v) is 10.9. The van der Waals surface area contributed by atoms with E-state index < -0.39 is 0 Å². The highest BCUT2D eigenvalue weighted by Crippen LogP contribution is 2.65. The predicted molar refractivity (Wildman–Crippen MR) is 120 cm³/mol. The van der Waals surface area contributed by atoms with Crippen molar-refractivity contribution >= 4 is 0 Å². The van der Waals surface area contributed by atoms with E-state index in [1.807, 2.05) is 0 Å². The van der Waals surface area contributed by atoms with Gasteiger partial charge in [-0.25, -0.2) is 0 Å². The molecule has 4 fully saturated rings. The Morgan fingerprint density at radius 3 is 2.83 bits per heavy atom. The molecular formula is C27H41NO2. The summed E-state index contributed by atoms with van der Waals surface area (Å²) >= 11 is 0. The second kappa shape index (κ2) is 6.68. The Hall–Kier alpha value is -0.640. The van der Waals surface area contributed by atoms with Crippen molar-refractivity contribution in [1.29, 1.82) is 0 Å². The standard InChI is InChI=1S/C27H41NO2/c1-15-11-24-25(28-14-15)17(3)27(30-24)10-8-20-21-6-5-18-12-19(29)7-9-26(18,4)23(21)13-22(20)16(27)2/h5,15,17,19-21,23-25,28-29H,6-14H2,1-4H3/t15-,17?,19-,20-,21-,23-,24+,25-,26-,27-/m0/s1. The number of fused-ring (bicyclic) bond motifs is 6. The van der Waals surface area contributed by atoms with Gasteiger partial charge in [-0.05, 0) is 99.5 Å². The van der Waals surface area contributed by atoms with Crippen LogP contribution in [0.2, 0.25) is 0 Å². The number of aliphatic hydroxyl groups excluding tert-OH is 1. The molecule has 166 valence electrons. The molecular weight excluding hydrogens is 370 g/mol. The van der Waals surface area contributed by atoms with E-state index in [2.05, 4.69) is 39.1 Å². The van der Waals surface area contributed by atoms with Crippen LogP contribution in [0, 0.1) is 35.0 Å². The van der Waals surface area contributed by atoms with Gasteiger partial charge in [0.05, 0.1) is 17.8 Å². The van der Waals surface area contributed by atoms with Crippen LogP contribution in [0.4, 0.5) is 0 Å². The van der Waals surface area contributed by atoms with Gasteiger partial charge in [-0.3, -0.25) is 0 Å². The highest BCUT2D eigenvalue weighted by atomic mass is 16.5. The molecule has 10 atom stereocenters. The number of aliphatic hydroxyl groups is 1. The molecule has 2 aliphatic heterocycles. The molecule has 4 aliphatic carbocycles. The number of ether oxygens (including phenoxy) is 1. The van der Waals surface area contributed by atoms with Gasteiger partial charge in [0.25, 0.3) is 0 Å². The smallest absolute Gasteiger partial charge is 0.0937 e. The molecule has 2 N–H and O–H groups in total. The fourth-order valence-corrected chi connectivity index (χ4v) is 9.09. The first kappa shape index (κ1) is 20.0. The summed E-state index contributed by atoms with van der Waals surface area (Å²) in [6.07, 6.45) is 12.2. The minimum atomic E-state index is -0.111. The van der Waals surface area contributed by atoms with Crippen LogP contribution in [0.1, 0.15) is 79.1 Å². The van der Waals surface area contributed by atoms with E-state index >= 15 is 0 Å². The average molecular weight is 412 g/mol. The molecule has 0 radical (unpaired) electrons. The summed E-state index contributed by atoms with van der Waals surface area (Å²) in [5, 5.41) is 14.1. The summed E-state index contributed by atoms with van der Waals surface area (Å²) in [6, 6.07) is 0.530. The first-order valence-electron chi connectivity index (χ1n) is 12.8. The van der Waals surface area contributed by atoms with Gasteiger partial charge in [0.1, 0.15) is 0 Å². The molecule has 6 aliphatic rings. The van der Waals surface area contributed by atoms with Crippen LogP contribution in [0.3, 0.4) is 0 Å². The van der Waals surface area contributed by atoms with Crippen LogP contribution in [0.15, 0.2) is 22.8 Å². The fourth-order valence-electron chi connectivity index (χ4n) is 9.09. The largest absolute Gasteiger partial charge is 0.393 e. The molecule has 0 bridgehead atoms. The third kappa shape index (κ3) is 2.55. The van der Waals surface area contributed by atoms with Crippen LogP contribution in [-0.4, -0.2) is 35.5 Å². The monoisotopic (exact) mass is 411 g/mol. The maximum Gasteiger partial charge on any atom is 0.0937 e. The van der Waals surface area contributed by atoms with E-state index in [1.54, 1.807) is 16.7 Å². The Labute approximate surface area is 182 Å². The highest BCUT2D eigenvalue weighted by Gasteiger charge is 2.60. The SMILES string of the molecule is CC1=C2C[C@H]3[C@@H](CC=C4C[C@@H](O)CC[C@@]43C)[C@@H]2CC[C@]12O[C@@H]1C[C@H](C)CN[C@H]1C2C. The quantitative estimate of drug-likeness (QED) is 0.551. The Morgan fingerprint density at radius 2 is 2.00 bits per heavy atom. The second-order valence-electron chi connectivity index (χ2n) is 12.2. The van der Waals surface area contributed by atoms with Gasteiger partial charge in [-0.1, -0.05) is 38.0 Å². The number of rotatable bonds is 0. The average Bonchev–Trinajstić information content (AvgIpc) is 3.23. The van der Waals surface area contributed by atoms with Gasteiger partial charge in [-0.15, -0.1) is 0 Å². The van der Waals surface area contributed by atoms with Gasteiger partial charge in [0, 0.05) is 12.0 Å². The number of nitrogens with one attached hydrogen (secondary N) is 1. The van der Waals surface area contributed by atoms with E-state index in [0.29, 0.717) is 23.5 Å². The normalized spacial score (nSPS) is 55.0. The lowest BCUT2D eigenvalue weighted by atomic mass is 9.56. The molecule has 1 unspecified atom stereocenters. The Bertz CT molecular complexity index is 801. The summed E-state index contributed by atoms with van der Waals surface area (Å²) in [5.41, 5.74) is 5.25. The summed E-state index contributed by atoms with van der Waals surface area (Å²) in [5.74, 6) is 3.64. The molecule has 3 nitrogen and oxygen atoms in total. The zero-order chi connectivity index (χ0) is 20.8. The van der Waals surface area contributed by atoms with Crippen LogP contribution < -0.4 is 5.32 Å². The fraction of sp³-hybridized carbons (Fsp3) is 0.852. The van der Waals surface area contributed by atoms with E-state index in [4.69, 9.17) is 4.74 Å². The van der Waals surface area contributed by atoms with Crippen molar-refractivity contribution in [3.05, 3.63) is 22.8 Å². The second-order valence-corrected chi connectivity index (χ2v) is 12.2. The third-order valence-electron chi connectivity index (χ3n) is 10.9. The molecule has 2 heterocycles. The number of piperidine rings is 1. The lowest BCUT2D eigenvalue weighted by Crippen LogP contribution is -2.49. The van der Waals surface area contributed by atoms with Gasteiger partial charge in [-0.2, -0.15) is 0 Å². The molecule has 0 amide bonds. The van der Waals surface area contributed by atoms with Gasteiger partial charge < -0.3 is 15.2 Å². The number of hydrogen-bond acceptors (Lipinski definition) is 3. The molecule has 6 rings (SSSR count). The van der Waals surface area contributed by atoms with Gasteiger partial charge in [0.2, 0.25) is 0 Å². The van der Waals surface area contributed by atoms with Gasteiger partial charge >= 0.3 is 0 Å². The molecule has 3 heteroatoms. The topological polar surface area (TPSA) is 41.5 Å². The zero-order valence-corrected chi connectivity index (χ0v) is 19.4. The summed E-state index contributed by atoms with van der Waals surface area (Å²) in [6.45, 7) is 10.9. The molecule has 2 saturated carbocycles. The van der Waals surface area contributed by atoms with Crippen molar-refractivity contribution in [2.75, 3.05) is 6.54 Å². The van der Waals surface area contributed by atoms with Crippen molar-refractivity contribution in [1.82, 2.24) is 5.32 Å². The zero-order valence-electron chi connectivity index (χ0n) is 19.4. The minimum Gasteiger partial charge on any atom is -0.393 e. The van der Waals surface area contributed by atoms with E-state index in [9.17, 15) is 5.11 Å². The van der Waals surface area contributed by atoms with E-state index in [-0.39, 0.29) is 11.7 Å². The molecule has 0 aromatic heterocycles.